The van der Waals surface area contributed by atoms with Crippen LogP contribution in [0.25, 0.3) is 10.2 Å². The van der Waals surface area contributed by atoms with Gasteiger partial charge in [0, 0.05) is 23.2 Å². The van der Waals surface area contributed by atoms with E-state index < -0.39 is 0 Å². The van der Waals surface area contributed by atoms with Crippen LogP contribution in [0.4, 0.5) is 10.8 Å². The van der Waals surface area contributed by atoms with Crippen molar-refractivity contribution in [1.82, 2.24) is 4.98 Å². The first kappa shape index (κ1) is 17.5. The summed E-state index contributed by atoms with van der Waals surface area (Å²) in [6.45, 7) is 3.78. The number of amides is 1. The number of anilines is 2. The van der Waals surface area contributed by atoms with Crippen LogP contribution in [0.2, 0.25) is 0 Å². The van der Waals surface area contributed by atoms with E-state index in [9.17, 15) is 4.79 Å². The van der Waals surface area contributed by atoms with E-state index in [1.54, 1.807) is 11.3 Å². The first-order valence-corrected chi connectivity index (χ1v) is 10.4. The van der Waals surface area contributed by atoms with Crippen molar-refractivity contribution in [2.75, 3.05) is 23.3 Å². The summed E-state index contributed by atoms with van der Waals surface area (Å²) in [5.74, 6) is 0.0788. The second-order valence-electron chi connectivity index (χ2n) is 6.75. The summed E-state index contributed by atoms with van der Waals surface area (Å²) >= 11 is 5.13. The van der Waals surface area contributed by atoms with Crippen molar-refractivity contribution in [3.8, 4) is 0 Å². The van der Waals surface area contributed by atoms with Gasteiger partial charge in [-0.3, -0.25) is 4.79 Å². The van der Waals surface area contributed by atoms with E-state index in [2.05, 4.69) is 51.3 Å². The average Bonchev–Trinajstić information content (AvgIpc) is 3.07. The molecule has 4 nitrogen and oxygen atoms in total. The summed E-state index contributed by atoms with van der Waals surface area (Å²) in [5, 5.41) is 4.06. The topological polar surface area (TPSA) is 45.2 Å². The summed E-state index contributed by atoms with van der Waals surface area (Å²) in [7, 11) is 0. The van der Waals surface area contributed by atoms with Crippen LogP contribution in [0.5, 0.6) is 0 Å². The Morgan fingerprint density at radius 2 is 2.08 bits per heavy atom. The average molecular weight is 430 g/mol. The van der Waals surface area contributed by atoms with Gasteiger partial charge in [-0.15, -0.1) is 0 Å². The Morgan fingerprint density at radius 1 is 1.27 bits per heavy atom. The number of hydrogen-bond donors (Lipinski definition) is 1. The first-order valence-electron chi connectivity index (χ1n) is 8.77. The predicted octanol–water partition coefficient (Wildman–Crippen LogP) is 5.22. The van der Waals surface area contributed by atoms with Gasteiger partial charge in [-0.25, -0.2) is 4.98 Å². The molecule has 134 valence electrons. The fraction of sp³-hybridized carbons (Fsp3) is 0.300. The minimum Gasteiger partial charge on any atom is -0.347 e. The molecule has 1 fully saturated rings. The van der Waals surface area contributed by atoms with Crippen molar-refractivity contribution in [2.24, 2.45) is 5.92 Å². The lowest BCUT2D eigenvalue weighted by Gasteiger charge is -2.31. The van der Waals surface area contributed by atoms with Gasteiger partial charge in [-0.1, -0.05) is 33.3 Å². The van der Waals surface area contributed by atoms with Gasteiger partial charge in [0.2, 0.25) is 5.91 Å². The van der Waals surface area contributed by atoms with Crippen molar-refractivity contribution in [2.45, 2.75) is 19.8 Å². The maximum Gasteiger partial charge on any atom is 0.229 e. The van der Waals surface area contributed by atoms with E-state index >= 15 is 0 Å². The minimum atomic E-state index is -0.0128. The third kappa shape index (κ3) is 3.76. The Hall–Kier alpha value is -1.92. The maximum atomic E-state index is 12.7. The second kappa shape index (κ2) is 7.37. The molecule has 1 aromatic heterocycles. The van der Waals surface area contributed by atoms with E-state index in [0.717, 1.165) is 46.7 Å². The van der Waals surface area contributed by atoms with Crippen molar-refractivity contribution >= 4 is 54.2 Å². The molecule has 2 aromatic carbocycles. The molecule has 1 amide bonds. The molecule has 1 saturated heterocycles. The third-order valence-corrected chi connectivity index (χ3v) is 6.31. The highest BCUT2D eigenvalue weighted by molar-refractivity contribution is 9.10. The molecule has 0 radical (unpaired) electrons. The summed E-state index contributed by atoms with van der Waals surface area (Å²) < 4.78 is 2.21. The second-order valence-corrected chi connectivity index (χ2v) is 8.67. The summed E-state index contributed by atoms with van der Waals surface area (Å²) in [5.41, 5.74) is 3.13. The van der Waals surface area contributed by atoms with Crippen LogP contribution in [0.1, 0.15) is 18.4 Å². The number of halogens is 1. The van der Waals surface area contributed by atoms with E-state index in [1.807, 2.05) is 24.3 Å². The van der Waals surface area contributed by atoms with Crippen LogP contribution in [0.15, 0.2) is 46.9 Å². The molecule has 1 aliphatic rings. The predicted molar refractivity (Wildman–Crippen MR) is 112 cm³/mol. The SMILES string of the molecule is Cc1ccc2nc(N3CCCC(C(=O)Nc4ccc(Br)cc4)C3)sc2c1. The zero-order chi connectivity index (χ0) is 18.1. The molecule has 1 unspecified atom stereocenters. The largest absolute Gasteiger partial charge is 0.347 e. The molecule has 3 aromatic rings. The Balaban J connectivity index is 1.47. The Kier molecular flexibility index (Phi) is 4.96. The molecule has 4 rings (SSSR count). The lowest BCUT2D eigenvalue weighted by Crippen LogP contribution is -2.40. The van der Waals surface area contributed by atoms with Crippen LogP contribution in [-0.4, -0.2) is 24.0 Å². The van der Waals surface area contributed by atoms with Crippen LogP contribution < -0.4 is 10.2 Å². The van der Waals surface area contributed by atoms with E-state index in [4.69, 9.17) is 4.98 Å². The molecule has 1 N–H and O–H groups in total. The highest BCUT2D eigenvalue weighted by Gasteiger charge is 2.27. The molecule has 0 spiro atoms. The first-order chi connectivity index (χ1) is 12.6. The van der Waals surface area contributed by atoms with Crippen LogP contribution in [0.3, 0.4) is 0 Å². The van der Waals surface area contributed by atoms with Gasteiger partial charge in [-0.2, -0.15) is 0 Å². The summed E-state index contributed by atoms with van der Waals surface area (Å²) in [6.07, 6.45) is 1.93. The molecule has 0 aliphatic carbocycles. The van der Waals surface area contributed by atoms with Crippen LogP contribution in [-0.2, 0) is 4.79 Å². The number of thiazole rings is 1. The number of nitrogens with zero attached hydrogens (tertiary/aromatic N) is 2. The zero-order valence-electron chi connectivity index (χ0n) is 14.5. The number of piperidine rings is 1. The summed E-state index contributed by atoms with van der Waals surface area (Å²) in [4.78, 5) is 19.7. The van der Waals surface area contributed by atoms with Gasteiger partial charge in [-0.05, 0) is 61.7 Å². The number of hydrogen-bond acceptors (Lipinski definition) is 4. The Labute approximate surface area is 165 Å². The zero-order valence-corrected chi connectivity index (χ0v) is 16.9. The van der Waals surface area contributed by atoms with Crippen molar-refractivity contribution < 1.29 is 4.79 Å². The Bertz CT molecular complexity index is 938. The van der Waals surface area contributed by atoms with Gasteiger partial charge in [0.15, 0.2) is 5.13 Å². The molecule has 6 heteroatoms. The molecular formula is C20H20BrN3OS. The maximum absolute atomic E-state index is 12.7. The fourth-order valence-corrected chi connectivity index (χ4v) is 4.66. The number of carbonyl (C=O) groups excluding carboxylic acids is 1. The van der Waals surface area contributed by atoms with Gasteiger partial charge in [0.05, 0.1) is 16.1 Å². The van der Waals surface area contributed by atoms with Gasteiger partial charge in [0.25, 0.3) is 0 Å². The van der Waals surface area contributed by atoms with Gasteiger partial charge in [0.1, 0.15) is 0 Å². The quantitative estimate of drug-likeness (QED) is 0.620. The Morgan fingerprint density at radius 3 is 2.88 bits per heavy atom. The number of fused-ring (bicyclic) bond motifs is 1. The summed E-state index contributed by atoms with van der Waals surface area (Å²) in [6, 6.07) is 14.1. The van der Waals surface area contributed by atoms with Crippen LogP contribution in [0, 0.1) is 12.8 Å². The molecule has 1 atom stereocenters. The third-order valence-electron chi connectivity index (χ3n) is 4.71. The van der Waals surface area contributed by atoms with Crippen molar-refractivity contribution in [3.63, 3.8) is 0 Å². The lowest BCUT2D eigenvalue weighted by atomic mass is 9.97. The number of nitrogens with one attached hydrogen (secondary N) is 1. The highest BCUT2D eigenvalue weighted by atomic mass is 79.9. The number of carbonyl (C=O) groups is 1. The van der Waals surface area contributed by atoms with Gasteiger partial charge < -0.3 is 10.2 Å². The monoisotopic (exact) mass is 429 g/mol. The number of benzene rings is 2. The molecule has 0 saturated carbocycles. The normalized spacial score (nSPS) is 17.5. The van der Waals surface area contributed by atoms with Crippen molar-refractivity contribution in [3.05, 3.63) is 52.5 Å². The smallest absolute Gasteiger partial charge is 0.229 e. The molecular weight excluding hydrogens is 410 g/mol. The standard InChI is InChI=1S/C20H20BrN3OS/c1-13-4-9-17-18(11-13)26-20(23-17)24-10-2-3-14(12-24)19(25)22-16-7-5-15(21)6-8-16/h4-9,11,14H,2-3,10,12H2,1H3,(H,22,25). The van der Waals surface area contributed by atoms with E-state index in [-0.39, 0.29) is 11.8 Å². The van der Waals surface area contributed by atoms with Crippen LogP contribution >= 0.6 is 27.3 Å². The van der Waals surface area contributed by atoms with E-state index in [1.165, 1.54) is 10.3 Å². The lowest BCUT2D eigenvalue weighted by molar-refractivity contribution is -0.120. The molecule has 1 aliphatic heterocycles. The number of aromatic nitrogens is 1. The molecule has 26 heavy (non-hydrogen) atoms. The van der Waals surface area contributed by atoms with Gasteiger partial charge >= 0.3 is 0 Å². The molecule has 2 heterocycles. The minimum absolute atomic E-state index is 0.0128. The van der Waals surface area contributed by atoms with E-state index in [0.29, 0.717) is 0 Å². The highest BCUT2D eigenvalue weighted by Crippen LogP contribution is 2.32. The number of aryl methyl sites for hydroxylation is 1. The number of rotatable bonds is 3. The fourth-order valence-electron chi connectivity index (χ4n) is 3.30. The van der Waals surface area contributed by atoms with Crippen molar-refractivity contribution in [1.29, 1.82) is 0 Å². The molecule has 0 bridgehead atoms.